The van der Waals surface area contributed by atoms with Crippen LogP contribution in [0.1, 0.15) is 32.3 Å². The fourth-order valence-corrected chi connectivity index (χ4v) is 1.70. The molecular formula is C15H24ClNO. The fraction of sp³-hybridized carbons (Fsp3) is 0.467. The molecule has 0 amide bonds. The number of benzene rings is 1. The van der Waals surface area contributed by atoms with Crippen LogP contribution in [0.4, 0.5) is 0 Å². The molecule has 0 spiro atoms. The first-order valence-electron chi connectivity index (χ1n) is 6.24. The molecule has 0 aliphatic rings. The van der Waals surface area contributed by atoms with E-state index in [1.165, 1.54) is 11.1 Å². The predicted molar refractivity (Wildman–Crippen MR) is 80.8 cm³/mol. The first-order chi connectivity index (χ1) is 8.13. The highest BCUT2D eigenvalue weighted by Gasteiger charge is 2.07. The van der Waals surface area contributed by atoms with Gasteiger partial charge in [0, 0.05) is 6.04 Å². The largest absolute Gasteiger partial charge is 0.395 e. The number of allylic oxidation sites excluding steroid dienone is 1. The number of nitrogens with two attached hydrogens (primary N) is 1. The molecule has 0 fully saturated rings. The Morgan fingerprint density at radius 2 is 1.89 bits per heavy atom. The van der Waals surface area contributed by atoms with Crippen LogP contribution < -0.4 is 5.73 Å². The van der Waals surface area contributed by atoms with Gasteiger partial charge in [-0.1, -0.05) is 50.3 Å². The molecular weight excluding hydrogens is 246 g/mol. The van der Waals surface area contributed by atoms with E-state index in [4.69, 9.17) is 10.8 Å². The maximum Gasteiger partial charge on any atom is 0.0585 e. The van der Waals surface area contributed by atoms with Crippen molar-refractivity contribution in [3.63, 3.8) is 0 Å². The lowest BCUT2D eigenvalue weighted by molar-refractivity contribution is 0.267. The molecule has 0 aliphatic heterocycles. The molecule has 1 aromatic rings. The Morgan fingerprint density at radius 3 is 2.39 bits per heavy atom. The molecule has 1 atom stereocenters. The average Bonchev–Trinajstić information content (AvgIpc) is 2.35. The molecule has 3 N–H and O–H groups in total. The second kappa shape index (κ2) is 9.15. The van der Waals surface area contributed by atoms with Crippen molar-refractivity contribution in [2.75, 3.05) is 6.61 Å². The molecule has 1 rings (SSSR count). The molecule has 0 aromatic heterocycles. The van der Waals surface area contributed by atoms with Crippen LogP contribution in [-0.2, 0) is 0 Å². The number of halogens is 1. The first kappa shape index (κ1) is 17.2. The van der Waals surface area contributed by atoms with E-state index in [1.807, 2.05) is 18.2 Å². The predicted octanol–water partition coefficient (Wildman–Crippen LogP) is 3.25. The van der Waals surface area contributed by atoms with Gasteiger partial charge >= 0.3 is 0 Å². The second-order valence-electron chi connectivity index (χ2n) is 4.87. The van der Waals surface area contributed by atoms with Crippen LogP contribution in [0.5, 0.6) is 0 Å². The van der Waals surface area contributed by atoms with Crippen molar-refractivity contribution in [3.8, 4) is 0 Å². The summed E-state index contributed by atoms with van der Waals surface area (Å²) in [6.45, 7) is 4.43. The number of hydrogen-bond acceptors (Lipinski definition) is 2. The summed E-state index contributed by atoms with van der Waals surface area (Å²) in [6, 6.07) is 10.1. The van der Waals surface area contributed by atoms with Crippen LogP contribution in [0.2, 0.25) is 0 Å². The van der Waals surface area contributed by atoms with E-state index in [2.05, 4.69) is 32.1 Å². The topological polar surface area (TPSA) is 46.2 Å². The van der Waals surface area contributed by atoms with Crippen LogP contribution in [0.25, 0.3) is 5.57 Å². The summed E-state index contributed by atoms with van der Waals surface area (Å²) in [5.74, 6) is 0.638. The summed E-state index contributed by atoms with van der Waals surface area (Å²) < 4.78 is 0. The zero-order valence-electron chi connectivity index (χ0n) is 11.2. The van der Waals surface area contributed by atoms with E-state index in [0.717, 1.165) is 12.8 Å². The zero-order valence-corrected chi connectivity index (χ0v) is 12.0. The number of rotatable bonds is 6. The number of aliphatic hydroxyl groups excluding tert-OH is 1. The van der Waals surface area contributed by atoms with Crippen LogP contribution in [0, 0.1) is 5.92 Å². The van der Waals surface area contributed by atoms with Crippen LogP contribution >= 0.6 is 12.4 Å². The van der Waals surface area contributed by atoms with Crippen molar-refractivity contribution in [1.29, 1.82) is 0 Å². The van der Waals surface area contributed by atoms with Crippen LogP contribution in [-0.4, -0.2) is 17.8 Å². The van der Waals surface area contributed by atoms with Gasteiger partial charge in [-0.25, -0.2) is 0 Å². The molecule has 18 heavy (non-hydrogen) atoms. The molecule has 0 heterocycles. The summed E-state index contributed by atoms with van der Waals surface area (Å²) in [5.41, 5.74) is 8.27. The summed E-state index contributed by atoms with van der Waals surface area (Å²) >= 11 is 0. The molecule has 0 radical (unpaired) electrons. The number of hydrogen-bond donors (Lipinski definition) is 2. The third kappa shape index (κ3) is 6.20. The Balaban J connectivity index is 0.00000289. The van der Waals surface area contributed by atoms with Crippen molar-refractivity contribution >= 4 is 18.0 Å². The first-order valence-corrected chi connectivity index (χ1v) is 6.24. The lowest BCUT2D eigenvalue weighted by Crippen LogP contribution is -2.24. The highest BCUT2D eigenvalue weighted by atomic mass is 35.5. The average molecular weight is 270 g/mol. The second-order valence-corrected chi connectivity index (χ2v) is 4.87. The van der Waals surface area contributed by atoms with Gasteiger partial charge in [-0.2, -0.15) is 0 Å². The van der Waals surface area contributed by atoms with Gasteiger partial charge in [-0.15, -0.1) is 12.4 Å². The van der Waals surface area contributed by atoms with Crippen LogP contribution in [0.3, 0.4) is 0 Å². The van der Waals surface area contributed by atoms with Gasteiger partial charge in [-0.05, 0) is 29.9 Å². The Hall–Kier alpha value is -0.830. The van der Waals surface area contributed by atoms with E-state index in [0.29, 0.717) is 5.92 Å². The lowest BCUT2D eigenvalue weighted by Gasteiger charge is -2.13. The molecule has 3 heteroatoms. The fourth-order valence-electron chi connectivity index (χ4n) is 1.70. The Bertz CT molecular complexity index is 349. The lowest BCUT2D eigenvalue weighted by atomic mass is 9.96. The minimum Gasteiger partial charge on any atom is -0.395 e. The molecule has 0 saturated heterocycles. The van der Waals surface area contributed by atoms with E-state index < -0.39 is 0 Å². The minimum absolute atomic E-state index is 0. The van der Waals surface area contributed by atoms with Crippen LogP contribution in [0.15, 0.2) is 36.4 Å². The molecule has 0 bridgehead atoms. The Labute approximate surface area is 116 Å². The zero-order chi connectivity index (χ0) is 12.7. The molecule has 2 nitrogen and oxygen atoms in total. The van der Waals surface area contributed by atoms with Crippen molar-refractivity contribution in [3.05, 3.63) is 42.0 Å². The van der Waals surface area contributed by atoms with Gasteiger partial charge in [0.1, 0.15) is 0 Å². The van der Waals surface area contributed by atoms with E-state index >= 15 is 0 Å². The summed E-state index contributed by atoms with van der Waals surface area (Å²) in [6.07, 6.45) is 4.02. The maximum atomic E-state index is 9.06. The SMILES string of the molecule is CC(C)C/C=C(/CC(N)CO)c1ccccc1.Cl. The molecule has 0 saturated carbocycles. The van der Waals surface area contributed by atoms with Gasteiger partial charge in [0.15, 0.2) is 0 Å². The molecule has 0 aliphatic carbocycles. The van der Waals surface area contributed by atoms with Crippen molar-refractivity contribution < 1.29 is 5.11 Å². The van der Waals surface area contributed by atoms with Crippen molar-refractivity contribution in [2.24, 2.45) is 11.7 Å². The molecule has 102 valence electrons. The maximum absolute atomic E-state index is 9.06. The Kier molecular flexibility index (Phi) is 8.73. The summed E-state index contributed by atoms with van der Waals surface area (Å²) in [7, 11) is 0. The monoisotopic (exact) mass is 269 g/mol. The van der Waals surface area contributed by atoms with Gasteiger partial charge in [-0.3, -0.25) is 0 Å². The van der Waals surface area contributed by atoms with Gasteiger partial charge < -0.3 is 10.8 Å². The van der Waals surface area contributed by atoms with E-state index in [-0.39, 0.29) is 25.1 Å². The normalized spacial score (nSPS) is 13.3. The molecule has 1 unspecified atom stereocenters. The molecule has 1 aromatic carbocycles. The Morgan fingerprint density at radius 1 is 1.28 bits per heavy atom. The van der Waals surface area contributed by atoms with Gasteiger partial charge in [0.05, 0.1) is 6.61 Å². The highest BCUT2D eigenvalue weighted by molar-refractivity contribution is 5.85. The number of aliphatic hydroxyl groups is 1. The summed E-state index contributed by atoms with van der Waals surface area (Å²) in [4.78, 5) is 0. The van der Waals surface area contributed by atoms with Gasteiger partial charge in [0.25, 0.3) is 0 Å². The van der Waals surface area contributed by atoms with Crippen molar-refractivity contribution in [1.82, 2.24) is 0 Å². The quantitative estimate of drug-likeness (QED) is 0.833. The third-order valence-corrected chi connectivity index (χ3v) is 2.70. The smallest absolute Gasteiger partial charge is 0.0585 e. The third-order valence-electron chi connectivity index (χ3n) is 2.70. The standard InChI is InChI=1S/C15H23NO.ClH/c1-12(2)8-9-14(10-15(16)11-17)13-6-4-3-5-7-13;/h3-7,9,12,15,17H,8,10-11,16H2,1-2H3;1H/b14-9-;. The highest BCUT2D eigenvalue weighted by Crippen LogP contribution is 2.21. The minimum atomic E-state index is -0.173. The van der Waals surface area contributed by atoms with E-state index in [1.54, 1.807) is 0 Å². The van der Waals surface area contributed by atoms with Crippen molar-refractivity contribution in [2.45, 2.75) is 32.7 Å². The van der Waals surface area contributed by atoms with E-state index in [9.17, 15) is 0 Å². The van der Waals surface area contributed by atoms with Gasteiger partial charge in [0.2, 0.25) is 0 Å². The summed E-state index contributed by atoms with van der Waals surface area (Å²) in [5, 5.41) is 9.06.